The third-order valence-electron chi connectivity index (χ3n) is 3.73. The van der Waals surface area contributed by atoms with Crippen LogP contribution >= 0.6 is 22.6 Å². The summed E-state index contributed by atoms with van der Waals surface area (Å²) in [5.41, 5.74) is 5.40. The third-order valence-corrected chi connectivity index (χ3v) is 4.60. The molecule has 0 unspecified atom stereocenters. The molecular weight excluding hydrogens is 377 g/mol. The molecule has 0 bridgehead atoms. The molecule has 0 atom stereocenters. The molecule has 0 amide bonds. The highest BCUT2D eigenvalue weighted by molar-refractivity contribution is 14.1. The van der Waals surface area contributed by atoms with Gasteiger partial charge in [0.15, 0.2) is 5.65 Å². The number of fused-ring (bicyclic) bond motifs is 1. The van der Waals surface area contributed by atoms with Crippen molar-refractivity contribution in [2.45, 2.75) is 33.6 Å². The summed E-state index contributed by atoms with van der Waals surface area (Å²) in [6, 6.07) is 2.13. The van der Waals surface area contributed by atoms with Crippen LogP contribution in [-0.2, 0) is 19.9 Å². The molecule has 0 aromatic carbocycles. The van der Waals surface area contributed by atoms with E-state index in [0.717, 1.165) is 39.0 Å². The van der Waals surface area contributed by atoms with Gasteiger partial charge in [-0.3, -0.25) is 4.68 Å². The third kappa shape index (κ3) is 2.35. The summed E-state index contributed by atoms with van der Waals surface area (Å²) >= 11 is 2.32. The van der Waals surface area contributed by atoms with Crippen LogP contribution in [0.25, 0.3) is 16.7 Å². The summed E-state index contributed by atoms with van der Waals surface area (Å²) in [6.07, 6.45) is 3.96. The van der Waals surface area contributed by atoms with Gasteiger partial charge >= 0.3 is 0 Å². The quantitative estimate of drug-likeness (QED) is 0.640. The van der Waals surface area contributed by atoms with Crippen LogP contribution in [0.4, 0.5) is 0 Å². The predicted octanol–water partition coefficient (Wildman–Crippen LogP) is 3.19. The SMILES string of the molecule is CCc1c(I)nn(-c2cc3cn(C)nc3nc2C)c1CC. The molecule has 110 valence electrons. The number of hydrogen-bond acceptors (Lipinski definition) is 3. The Bertz CT molecular complexity index is 815. The molecule has 0 aliphatic carbocycles. The molecule has 6 heteroatoms. The minimum Gasteiger partial charge on any atom is -0.273 e. The van der Waals surface area contributed by atoms with Gasteiger partial charge in [-0.2, -0.15) is 10.2 Å². The predicted molar refractivity (Wildman–Crippen MR) is 91.8 cm³/mol. The maximum Gasteiger partial charge on any atom is 0.181 e. The van der Waals surface area contributed by atoms with Crippen LogP contribution in [0.2, 0.25) is 0 Å². The van der Waals surface area contributed by atoms with Crippen molar-refractivity contribution in [3.8, 4) is 5.69 Å². The number of aryl methyl sites for hydroxylation is 2. The summed E-state index contributed by atoms with van der Waals surface area (Å²) in [5, 5.41) is 10.1. The molecule has 3 aromatic heterocycles. The van der Waals surface area contributed by atoms with E-state index in [-0.39, 0.29) is 0 Å². The summed E-state index contributed by atoms with van der Waals surface area (Å²) in [6.45, 7) is 6.37. The highest BCUT2D eigenvalue weighted by Gasteiger charge is 2.17. The average Bonchev–Trinajstić information content (AvgIpc) is 2.95. The maximum absolute atomic E-state index is 4.73. The lowest BCUT2D eigenvalue weighted by Gasteiger charge is -2.09. The molecule has 0 N–H and O–H groups in total. The number of nitrogens with zero attached hydrogens (tertiary/aromatic N) is 5. The molecule has 0 saturated carbocycles. The molecule has 3 rings (SSSR count). The van der Waals surface area contributed by atoms with Gasteiger partial charge in [-0.05, 0) is 48.4 Å². The monoisotopic (exact) mass is 395 g/mol. The van der Waals surface area contributed by atoms with E-state index in [4.69, 9.17) is 5.10 Å². The highest BCUT2D eigenvalue weighted by atomic mass is 127. The van der Waals surface area contributed by atoms with Crippen molar-refractivity contribution in [1.29, 1.82) is 0 Å². The van der Waals surface area contributed by atoms with Gasteiger partial charge in [0.2, 0.25) is 0 Å². The van der Waals surface area contributed by atoms with Crippen molar-refractivity contribution in [1.82, 2.24) is 24.5 Å². The number of hydrogen-bond donors (Lipinski definition) is 0. The summed E-state index contributed by atoms with van der Waals surface area (Å²) in [4.78, 5) is 4.62. The van der Waals surface area contributed by atoms with Gasteiger partial charge in [0, 0.05) is 29.9 Å². The van der Waals surface area contributed by atoms with Crippen molar-refractivity contribution in [2.24, 2.45) is 7.05 Å². The first kappa shape index (κ1) is 14.5. The molecule has 0 aliphatic heterocycles. The van der Waals surface area contributed by atoms with Gasteiger partial charge < -0.3 is 0 Å². The summed E-state index contributed by atoms with van der Waals surface area (Å²) < 4.78 is 4.93. The molecule has 0 spiro atoms. The fourth-order valence-corrected chi connectivity index (χ4v) is 3.64. The van der Waals surface area contributed by atoms with Gasteiger partial charge in [0.1, 0.15) is 3.70 Å². The van der Waals surface area contributed by atoms with Crippen molar-refractivity contribution < 1.29 is 0 Å². The lowest BCUT2D eigenvalue weighted by Crippen LogP contribution is -2.05. The Labute approximate surface area is 137 Å². The Kier molecular flexibility index (Phi) is 3.73. The number of halogens is 1. The van der Waals surface area contributed by atoms with Crippen LogP contribution in [0, 0.1) is 10.6 Å². The number of pyridine rings is 1. The van der Waals surface area contributed by atoms with E-state index in [2.05, 4.69) is 57.3 Å². The van der Waals surface area contributed by atoms with Crippen molar-refractivity contribution >= 4 is 33.6 Å². The van der Waals surface area contributed by atoms with Crippen LogP contribution in [-0.4, -0.2) is 24.5 Å². The van der Waals surface area contributed by atoms with E-state index in [1.807, 2.05) is 20.2 Å². The first-order valence-corrected chi connectivity index (χ1v) is 8.20. The molecule has 3 heterocycles. The van der Waals surface area contributed by atoms with Crippen LogP contribution in [0.5, 0.6) is 0 Å². The maximum atomic E-state index is 4.73. The van der Waals surface area contributed by atoms with Crippen LogP contribution in [0.1, 0.15) is 30.8 Å². The lowest BCUT2D eigenvalue weighted by molar-refractivity contribution is 0.774. The van der Waals surface area contributed by atoms with Crippen LogP contribution in [0.15, 0.2) is 12.3 Å². The second-order valence-electron chi connectivity index (χ2n) is 5.14. The van der Waals surface area contributed by atoms with Crippen molar-refractivity contribution in [2.75, 3.05) is 0 Å². The Hall–Kier alpha value is -1.44. The first-order valence-electron chi connectivity index (χ1n) is 7.12. The molecule has 0 radical (unpaired) electrons. The van der Waals surface area contributed by atoms with Gasteiger partial charge in [0.25, 0.3) is 0 Å². The van der Waals surface area contributed by atoms with E-state index in [9.17, 15) is 0 Å². The van der Waals surface area contributed by atoms with Crippen LogP contribution < -0.4 is 0 Å². The topological polar surface area (TPSA) is 48.5 Å². The molecular formula is C15H18IN5. The van der Waals surface area contributed by atoms with Crippen molar-refractivity contribution in [3.05, 3.63) is 32.9 Å². The Morgan fingerprint density at radius 2 is 1.95 bits per heavy atom. The first-order chi connectivity index (χ1) is 10.0. The highest BCUT2D eigenvalue weighted by Crippen LogP contribution is 2.25. The van der Waals surface area contributed by atoms with Crippen LogP contribution in [0.3, 0.4) is 0 Å². The van der Waals surface area contributed by atoms with Gasteiger partial charge in [0.05, 0.1) is 11.4 Å². The second-order valence-corrected chi connectivity index (χ2v) is 6.17. The minimum absolute atomic E-state index is 0.786. The zero-order chi connectivity index (χ0) is 15.1. The fraction of sp³-hybridized carbons (Fsp3) is 0.400. The van der Waals surface area contributed by atoms with Gasteiger partial charge in [-0.15, -0.1) is 0 Å². The zero-order valence-electron chi connectivity index (χ0n) is 12.7. The lowest BCUT2D eigenvalue weighted by atomic mass is 10.1. The van der Waals surface area contributed by atoms with Crippen molar-refractivity contribution in [3.63, 3.8) is 0 Å². The van der Waals surface area contributed by atoms with E-state index >= 15 is 0 Å². The molecule has 3 aromatic rings. The molecule has 0 fully saturated rings. The van der Waals surface area contributed by atoms with Gasteiger partial charge in [-0.1, -0.05) is 13.8 Å². The normalized spacial score (nSPS) is 11.5. The van der Waals surface area contributed by atoms with E-state index in [1.165, 1.54) is 11.3 Å². The summed E-state index contributed by atoms with van der Waals surface area (Å²) in [7, 11) is 1.92. The van der Waals surface area contributed by atoms with E-state index in [1.54, 1.807) is 4.68 Å². The summed E-state index contributed by atoms with van der Waals surface area (Å²) in [5.74, 6) is 0. The van der Waals surface area contributed by atoms with E-state index < -0.39 is 0 Å². The molecule has 0 aliphatic rings. The van der Waals surface area contributed by atoms with E-state index in [0.29, 0.717) is 0 Å². The standard InChI is InChI=1S/C15H18IN5/c1-5-11-12(6-2)21(18-14(11)16)13-7-10-8-20(4)19-15(10)17-9(13)3/h7-8H,5-6H2,1-4H3. The Morgan fingerprint density at radius 3 is 2.62 bits per heavy atom. The minimum atomic E-state index is 0.786. The fourth-order valence-electron chi connectivity index (χ4n) is 2.73. The smallest absolute Gasteiger partial charge is 0.181 e. The Morgan fingerprint density at radius 1 is 1.19 bits per heavy atom. The molecule has 5 nitrogen and oxygen atoms in total. The second kappa shape index (κ2) is 5.40. The zero-order valence-corrected chi connectivity index (χ0v) is 14.8. The molecule has 0 saturated heterocycles. The average molecular weight is 395 g/mol. The molecule has 21 heavy (non-hydrogen) atoms. The number of aromatic nitrogens is 5. The van der Waals surface area contributed by atoms with Gasteiger partial charge in [-0.25, -0.2) is 9.67 Å². The largest absolute Gasteiger partial charge is 0.273 e. The number of rotatable bonds is 3. The Balaban J connectivity index is 2.26.